The summed E-state index contributed by atoms with van der Waals surface area (Å²) in [6.45, 7) is 2.31. The molecule has 0 saturated heterocycles. The van der Waals surface area contributed by atoms with Crippen molar-refractivity contribution in [2.45, 2.75) is 38.3 Å². The zero-order chi connectivity index (χ0) is 11.0. The Bertz CT molecular complexity index is 484. The van der Waals surface area contributed by atoms with Crippen LogP contribution in [0.3, 0.4) is 0 Å². The number of hydrogen-bond acceptors (Lipinski definition) is 1. The normalized spacial score (nSPS) is 17.8. The molecule has 1 aromatic carbocycles. The molecule has 1 saturated carbocycles. The molecule has 1 aliphatic rings. The van der Waals surface area contributed by atoms with Gasteiger partial charge in [0.25, 0.3) is 0 Å². The van der Waals surface area contributed by atoms with Crippen molar-refractivity contribution in [3.63, 3.8) is 0 Å². The molecule has 1 aliphatic carbocycles. The van der Waals surface area contributed by atoms with E-state index in [0.29, 0.717) is 20.5 Å². The Morgan fingerprint density at radius 1 is 1.38 bits per heavy atom. The van der Waals surface area contributed by atoms with Gasteiger partial charge in [0.15, 0.2) is 0 Å². The molecule has 1 nitrogen and oxygen atoms in total. The van der Waals surface area contributed by atoms with Crippen molar-refractivity contribution < 1.29 is 0 Å². The van der Waals surface area contributed by atoms with Gasteiger partial charge in [0.05, 0.1) is 0 Å². The minimum absolute atomic E-state index is 0.575. The summed E-state index contributed by atoms with van der Waals surface area (Å²) < 4.78 is 1.56. The third-order valence-corrected chi connectivity index (χ3v) is 5.31. The van der Waals surface area contributed by atoms with E-state index in [2.05, 4.69) is 41.4 Å². The van der Waals surface area contributed by atoms with Gasteiger partial charge >= 0.3 is 103 Å². The molecule has 1 fully saturated rings. The molecule has 1 aromatic heterocycles. The van der Waals surface area contributed by atoms with E-state index in [9.17, 15) is 0 Å². The summed E-state index contributed by atoms with van der Waals surface area (Å²) in [5.74, 6) is 0. The quantitative estimate of drug-likeness (QED) is 0.848. The Labute approximate surface area is 103 Å². The Morgan fingerprint density at radius 2 is 2.19 bits per heavy atom. The van der Waals surface area contributed by atoms with E-state index in [4.69, 9.17) is 0 Å². The number of hydrogen-bond donors (Lipinski definition) is 1. The number of rotatable bonds is 4. The molecule has 2 aromatic rings. The molecule has 0 radical (unpaired) electrons. The summed E-state index contributed by atoms with van der Waals surface area (Å²) in [6, 6.07) is 10.3. The van der Waals surface area contributed by atoms with Crippen molar-refractivity contribution in [2.75, 3.05) is 0 Å². The average molecular weight is 278 g/mol. The molecule has 1 N–H and O–H groups in total. The molecule has 16 heavy (non-hydrogen) atoms. The molecule has 3 rings (SSSR count). The van der Waals surface area contributed by atoms with Crippen molar-refractivity contribution in [1.82, 2.24) is 5.32 Å². The first-order valence-corrected chi connectivity index (χ1v) is 7.88. The van der Waals surface area contributed by atoms with Crippen LogP contribution in [0.4, 0.5) is 0 Å². The Morgan fingerprint density at radius 3 is 3.00 bits per heavy atom. The fraction of sp³-hybridized carbons (Fsp3) is 0.429. The van der Waals surface area contributed by atoms with Crippen molar-refractivity contribution >= 4 is 24.1 Å². The van der Waals surface area contributed by atoms with Gasteiger partial charge in [0, 0.05) is 0 Å². The van der Waals surface area contributed by atoms with Crippen molar-refractivity contribution in [2.24, 2.45) is 0 Å². The summed E-state index contributed by atoms with van der Waals surface area (Å²) in [5, 5.41) is 5.18. The van der Waals surface area contributed by atoms with Gasteiger partial charge in [0.1, 0.15) is 0 Å². The van der Waals surface area contributed by atoms with Crippen LogP contribution in [0, 0.1) is 0 Å². The second-order valence-corrected chi connectivity index (χ2v) is 6.72. The van der Waals surface area contributed by atoms with Gasteiger partial charge in [-0.1, -0.05) is 0 Å². The summed E-state index contributed by atoms with van der Waals surface area (Å²) in [6.07, 6.45) is 3.95. The number of fused-ring (bicyclic) bond motifs is 1. The maximum absolute atomic E-state index is 3.68. The molecule has 1 heterocycles. The first kappa shape index (κ1) is 10.6. The SMILES string of the molecule is C[C@@H](Cc1c[se]c2ccccc12)NC1CC1. The third-order valence-electron chi connectivity index (χ3n) is 3.18. The van der Waals surface area contributed by atoms with Crippen LogP contribution < -0.4 is 5.32 Å². The van der Waals surface area contributed by atoms with Gasteiger partial charge in [-0.3, -0.25) is 0 Å². The third kappa shape index (κ3) is 2.24. The molecule has 1 atom stereocenters. The van der Waals surface area contributed by atoms with Gasteiger partial charge in [-0.25, -0.2) is 0 Å². The van der Waals surface area contributed by atoms with Crippen molar-refractivity contribution in [3.8, 4) is 0 Å². The summed E-state index contributed by atoms with van der Waals surface area (Å²) in [7, 11) is 0. The molecule has 0 spiro atoms. The van der Waals surface area contributed by atoms with E-state index in [1.807, 2.05) is 0 Å². The van der Waals surface area contributed by atoms with Crippen LogP contribution in [0.15, 0.2) is 29.2 Å². The molecule has 0 unspecified atom stereocenters. The second kappa shape index (κ2) is 4.37. The van der Waals surface area contributed by atoms with Gasteiger partial charge in [-0.05, 0) is 0 Å². The van der Waals surface area contributed by atoms with Gasteiger partial charge in [-0.2, -0.15) is 0 Å². The van der Waals surface area contributed by atoms with E-state index in [-0.39, 0.29) is 0 Å². The van der Waals surface area contributed by atoms with Crippen LogP contribution >= 0.6 is 0 Å². The van der Waals surface area contributed by atoms with Crippen LogP contribution in [0.25, 0.3) is 9.65 Å². The fourth-order valence-corrected chi connectivity index (χ4v) is 4.28. The van der Waals surface area contributed by atoms with Crippen LogP contribution in [0.5, 0.6) is 0 Å². The Kier molecular flexibility index (Phi) is 2.89. The topological polar surface area (TPSA) is 12.0 Å². The molecule has 0 bridgehead atoms. The number of benzene rings is 1. The standard InChI is InChI=1S/C14H17NSe/c1-10(15-12-6-7-12)8-11-9-16-14-5-3-2-4-13(11)14/h2-5,9-10,12,15H,6-8H2,1H3/t10-/m0/s1. The molecular formula is C14H17NSe. The van der Waals surface area contributed by atoms with Crippen LogP contribution in [0.2, 0.25) is 0 Å². The maximum atomic E-state index is 3.68. The zero-order valence-corrected chi connectivity index (χ0v) is 11.3. The minimum atomic E-state index is 0.575. The molecule has 0 amide bonds. The Hall–Kier alpha value is -0.561. The van der Waals surface area contributed by atoms with Crippen LogP contribution in [-0.4, -0.2) is 26.6 Å². The monoisotopic (exact) mass is 279 g/mol. The van der Waals surface area contributed by atoms with E-state index < -0.39 is 0 Å². The average Bonchev–Trinajstić information content (AvgIpc) is 3.00. The van der Waals surface area contributed by atoms with E-state index in [0.717, 1.165) is 6.04 Å². The predicted octanol–water partition coefficient (Wildman–Crippen LogP) is 2.58. The van der Waals surface area contributed by atoms with Gasteiger partial charge in [-0.15, -0.1) is 0 Å². The van der Waals surface area contributed by atoms with Crippen LogP contribution in [0.1, 0.15) is 25.3 Å². The van der Waals surface area contributed by atoms with Crippen LogP contribution in [-0.2, 0) is 6.42 Å². The van der Waals surface area contributed by atoms with Crippen molar-refractivity contribution in [3.05, 3.63) is 34.8 Å². The van der Waals surface area contributed by atoms with Gasteiger partial charge < -0.3 is 0 Å². The second-order valence-electron chi connectivity index (χ2n) is 4.80. The Balaban J connectivity index is 1.77. The molecule has 84 valence electrons. The number of nitrogens with one attached hydrogen (secondary N) is 1. The van der Waals surface area contributed by atoms with Gasteiger partial charge in [0.2, 0.25) is 0 Å². The van der Waals surface area contributed by atoms with E-state index >= 15 is 0 Å². The first-order chi connectivity index (χ1) is 7.83. The summed E-state index contributed by atoms with van der Waals surface area (Å²) in [5.41, 5.74) is 1.57. The molecule has 2 heteroatoms. The van der Waals surface area contributed by atoms with E-state index in [1.165, 1.54) is 24.6 Å². The summed E-state index contributed by atoms with van der Waals surface area (Å²) >= 11 is 0.575. The van der Waals surface area contributed by atoms with E-state index in [1.54, 1.807) is 9.82 Å². The fourth-order valence-electron chi connectivity index (χ4n) is 2.23. The first-order valence-electron chi connectivity index (χ1n) is 6.04. The molecular weight excluding hydrogens is 261 g/mol. The zero-order valence-electron chi connectivity index (χ0n) is 9.57. The summed E-state index contributed by atoms with van der Waals surface area (Å²) in [4.78, 5) is 2.46. The predicted molar refractivity (Wildman–Crippen MR) is 70.2 cm³/mol. The molecule has 0 aliphatic heterocycles. The van der Waals surface area contributed by atoms with Crippen molar-refractivity contribution in [1.29, 1.82) is 0 Å².